The second kappa shape index (κ2) is 5.87. The summed E-state index contributed by atoms with van der Waals surface area (Å²) in [6.45, 7) is 2.41. The number of tetrazole rings is 1. The Morgan fingerprint density at radius 1 is 1.47 bits per heavy atom. The van der Waals surface area contributed by atoms with Gasteiger partial charge in [0.1, 0.15) is 0 Å². The van der Waals surface area contributed by atoms with Gasteiger partial charge in [-0.1, -0.05) is 6.92 Å². The van der Waals surface area contributed by atoms with E-state index in [4.69, 9.17) is 10.5 Å². The summed E-state index contributed by atoms with van der Waals surface area (Å²) in [5.41, 5.74) is 6.12. The van der Waals surface area contributed by atoms with Crippen LogP contribution in [0.1, 0.15) is 13.3 Å². The SMILES string of the molecule is CCCOc1cc(Sc2nnnn2C)c(N)cc1F. The van der Waals surface area contributed by atoms with E-state index in [2.05, 4.69) is 15.5 Å². The fourth-order valence-corrected chi connectivity index (χ4v) is 2.15. The molecule has 0 aliphatic carbocycles. The zero-order valence-corrected chi connectivity index (χ0v) is 11.4. The van der Waals surface area contributed by atoms with Gasteiger partial charge in [-0.25, -0.2) is 9.07 Å². The molecule has 19 heavy (non-hydrogen) atoms. The van der Waals surface area contributed by atoms with Gasteiger partial charge in [0.15, 0.2) is 11.6 Å². The normalized spacial score (nSPS) is 10.7. The number of ether oxygens (including phenoxy) is 1. The fourth-order valence-electron chi connectivity index (χ4n) is 1.37. The number of benzene rings is 1. The topological polar surface area (TPSA) is 78.9 Å². The number of nitrogens with two attached hydrogens (primary N) is 1. The van der Waals surface area contributed by atoms with E-state index in [1.54, 1.807) is 13.1 Å². The second-order valence-corrected chi connectivity index (χ2v) is 4.87. The van der Waals surface area contributed by atoms with Crippen molar-refractivity contribution < 1.29 is 9.13 Å². The highest BCUT2D eigenvalue weighted by molar-refractivity contribution is 7.99. The third kappa shape index (κ3) is 3.14. The standard InChI is InChI=1S/C11H14FN5OS/c1-3-4-18-9-6-10(8(13)5-7(9)12)19-11-14-15-16-17(11)2/h5-6H,3-4,13H2,1-2H3. The molecule has 1 heterocycles. The van der Waals surface area contributed by atoms with Gasteiger partial charge in [-0.05, 0) is 34.7 Å². The number of aromatic nitrogens is 4. The van der Waals surface area contributed by atoms with Gasteiger partial charge in [-0.3, -0.25) is 0 Å². The zero-order chi connectivity index (χ0) is 13.8. The van der Waals surface area contributed by atoms with Crippen molar-refractivity contribution >= 4 is 17.4 Å². The maximum atomic E-state index is 13.7. The molecule has 0 saturated carbocycles. The number of aryl methyl sites for hydroxylation is 1. The minimum Gasteiger partial charge on any atom is -0.490 e. The van der Waals surface area contributed by atoms with E-state index in [0.717, 1.165) is 6.42 Å². The molecule has 0 radical (unpaired) electrons. The Kier molecular flexibility index (Phi) is 4.20. The van der Waals surface area contributed by atoms with Crippen LogP contribution in [0.5, 0.6) is 5.75 Å². The first-order valence-electron chi connectivity index (χ1n) is 5.73. The Labute approximate surface area is 114 Å². The van der Waals surface area contributed by atoms with Crippen LogP contribution in [0.15, 0.2) is 22.2 Å². The summed E-state index contributed by atoms with van der Waals surface area (Å²) in [4.78, 5) is 0.658. The molecule has 0 atom stereocenters. The van der Waals surface area contributed by atoms with Gasteiger partial charge in [0.05, 0.1) is 6.61 Å². The van der Waals surface area contributed by atoms with Gasteiger partial charge < -0.3 is 10.5 Å². The molecule has 2 aromatic rings. The van der Waals surface area contributed by atoms with Crippen molar-refractivity contribution in [2.24, 2.45) is 7.05 Å². The van der Waals surface area contributed by atoms with Crippen LogP contribution in [0, 0.1) is 5.82 Å². The number of halogens is 1. The van der Waals surface area contributed by atoms with E-state index >= 15 is 0 Å². The van der Waals surface area contributed by atoms with Crippen LogP contribution in [0.2, 0.25) is 0 Å². The van der Waals surface area contributed by atoms with Crippen LogP contribution < -0.4 is 10.5 Å². The Morgan fingerprint density at radius 3 is 2.89 bits per heavy atom. The first-order valence-corrected chi connectivity index (χ1v) is 6.55. The van der Waals surface area contributed by atoms with Crippen LogP contribution in [-0.2, 0) is 7.05 Å². The van der Waals surface area contributed by atoms with Crippen molar-refractivity contribution in [3.63, 3.8) is 0 Å². The lowest BCUT2D eigenvalue weighted by Gasteiger charge is -2.10. The van der Waals surface area contributed by atoms with Crippen molar-refractivity contribution in [2.75, 3.05) is 12.3 Å². The molecular formula is C11H14FN5OS. The fraction of sp³-hybridized carbons (Fsp3) is 0.364. The van der Waals surface area contributed by atoms with Crippen molar-refractivity contribution in [1.82, 2.24) is 20.2 Å². The molecule has 8 heteroatoms. The first kappa shape index (κ1) is 13.6. The van der Waals surface area contributed by atoms with E-state index in [9.17, 15) is 4.39 Å². The Balaban J connectivity index is 2.27. The van der Waals surface area contributed by atoms with Gasteiger partial charge >= 0.3 is 0 Å². The summed E-state index contributed by atoms with van der Waals surface area (Å²) in [5, 5.41) is 11.7. The predicted molar refractivity (Wildman–Crippen MR) is 69.5 cm³/mol. The third-order valence-electron chi connectivity index (χ3n) is 2.31. The monoisotopic (exact) mass is 283 g/mol. The van der Waals surface area contributed by atoms with Crippen LogP contribution >= 0.6 is 11.8 Å². The van der Waals surface area contributed by atoms with Gasteiger partial charge in [0.2, 0.25) is 5.16 Å². The molecule has 1 aromatic carbocycles. The van der Waals surface area contributed by atoms with Crippen molar-refractivity contribution in [3.05, 3.63) is 17.9 Å². The highest BCUT2D eigenvalue weighted by Crippen LogP contribution is 2.34. The van der Waals surface area contributed by atoms with E-state index in [0.29, 0.717) is 22.3 Å². The summed E-state index contributed by atoms with van der Waals surface area (Å²) in [6.07, 6.45) is 0.805. The average molecular weight is 283 g/mol. The summed E-state index contributed by atoms with van der Waals surface area (Å²) in [6, 6.07) is 2.82. The van der Waals surface area contributed by atoms with E-state index < -0.39 is 5.82 Å². The predicted octanol–water partition coefficient (Wildman–Crippen LogP) is 1.87. The Bertz CT molecular complexity index is 574. The molecule has 6 nitrogen and oxygen atoms in total. The van der Waals surface area contributed by atoms with Crippen LogP contribution in [0.25, 0.3) is 0 Å². The number of anilines is 1. The molecule has 0 bridgehead atoms. The Morgan fingerprint density at radius 2 is 2.26 bits per heavy atom. The number of nitrogen functional groups attached to an aromatic ring is 1. The van der Waals surface area contributed by atoms with Crippen LogP contribution in [0.3, 0.4) is 0 Å². The van der Waals surface area contributed by atoms with E-state index in [1.807, 2.05) is 6.92 Å². The second-order valence-electron chi connectivity index (χ2n) is 3.86. The maximum Gasteiger partial charge on any atom is 0.213 e. The molecule has 0 unspecified atom stereocenters. The summed E-state index contributed by atoms with van der Waals surface area (Å²) in [5.74, 6) is -0.278. The van der Waals surface area contributed by atoms with Gasteiger partial charge in [-0.15, -0.1) is 5.10 Å². The van der Waals surface area contributed by atoms with Crippen molar-refractivity contribution in [2.45, 2.75) is 23.4 Å². The minimum atomic E-state index is -0.466. The first-order chi connectivity index (χ1) is 9.11. The maximum absolute atomic E-state index is 13.7. The summed E-state index contributed by atoms with van der Waals surface area (Å²) >= 11 is 1.26. The van der Waals surface area contributed by atoms with Gasteiger partial charge in [0.25, 0.3) is 0 Å². The zero-order valence-electron chi connectivity index (χ0n) is 10.6. The number of rotatable bonds is 5. The van der Waals surface area contributed by atoms with Crippen molar-refractivity contribution in [1.29, 1.82) is 0 Å². The molecular weight excluding hydrogens is 269 g/mol. The molecule has 0 aliphatic heterocycles. The molecule has 1 aromatic heterocycles. The van der Waals surface area contributed by atoms with Gasteiger partial charge in [-0.2, -0.15) is 0 Å². The minimum absolute atomic E-state index is 0.189. The largest absolute Gasteiger partial charge is 0.490 e. The lowest BCUT2D eigenvalue weighted by molar-refractivity contribution is 0.300. The summed E-state index contributed by atoms with van der Waals surface area (Å²) < 4.78 is 20.5. The molecule has 102 valence electrons. The molecule has 0 saturated heterocycles. The highest BCUT2D eigenvalue weighted by atomic mass is 32.2. The molecule has 2 N–H and O–H groups in total. The molecule has 2 rings (SSSR count). The van der Waals surface area contributed by atoms with E-state index in [1.165, 1.54) is 22.5 Å². The smallest absolute Gasteiger partial charge is 0.213 e. The third-order valence-corrected chi connectivity index (χ3v) is 3.41. The quantitative estimate of drug-likeness (QED) is 0.844. The highest BCUT2D eigenvalue weighted by Gasteiger charge is 2.13. The molecule has 0 spiro atoms. The van der Waals surface area contributed by atoms with Gasteiger partial charge in [0, 0.05) is 23.7 Å². The molecule has 0 amide bonds. The van der Waals surface area contributed by atoms with E-state index in [-0.39, 0.29) is 5.75 Å². The van der Waals surface area contributed by atoms with Crippen LogP contribution in [0.4, 0.5) is 10.1 Å². The Hall–Kier alpha value is -1.83. The van der Waals surface area contributed by atoms with Crippen molar-refractivity contribution in [3.8, 4) is 5.75 Å². The lowest BCUT2D eigenvalue weighted by atomic mass is 10.3. The molecule has 0 fully saturated rings. The lowest BCUT2D eigenvalue weighted by Crippen LogP contribution is -2.00. The number of hydrogen-bond donors (Lipinski definition) is 1. The van der Waals surface area contributed by atoms with Crippen LogP contribution in [-0.4, -0.2) is 26.8 Å². The average Bonchev–Trinajstić information content (AvgIpc) is 2.77. The molecule has 0 aliphatic rings. The number of nitrogens with zero attached hydrogens (tertiary/aromatic N) is 4. The summed E-state index contributed by atoms with van der Waals surface area (Å²) in [7, 11) is 1.72. The number of hydrogen-bond acceptors (Lipinski definition) is 6.